The van der Waals surface area contributed by atoms with E-state index < -0.39 is 6.03 Å². The van der Waals surface area contributed by atoms with Gasteiger partial charge >= 0.3 is 6.03 Å². The Bertz CT molecular complexity index is 99.5. The van der Waals surface area contributed by atoms with E-state index >= 15 is 0 Å². The van der Waals surface area contributed by atoms with E-state index in [2.05, 4.69) is 10.8 Å². The van der Waals surface area contributed by atoms with Crippen LogP contribution in [0.15, 0.2) is 5.10 Å². The van der Waals surface area contributed by atoms with Crippen molar-refractivity contribution in [3.63, 3.8) is 0 Å². The normalized spacial score (nSPS) is 9.62. The summed E-state index contributed by atoms with van der Waals surface area (Å²) >= 11 is 0. The van der Waals surface area contributed by atoms with Crippen molar-refractivity contribution >= 4 is 12.2 Å². The monoisotopic (exact) mass is 116 g/mol. The number of rotatable bonds is 2. The maximum absolute atomic E-state index is 9.83. The lowest BCUT2D eigenvalue weighted by Crippen LogP contribution is -2.24. The average Bonchev–Trinajstić information content (AvgIpc) is 1.66. The van der Waals surface area contributed by atoms with Gasteiger partial charge in [0.1, 0.15) is 0 Å². The van der Waals surface area contributed by atoms with Crippen LogP contribution in [0.2, 0.25) is 0 Å². The molecule has 0 bridgehead atoms. The molecule has 46 valence electrons. The van der Waals surface area contributed by atoms with Crippen molar-refractivity contribution < 1.29 is 4.79 Å². The molecule has 5 N–H and O–H groups in total. The van der Waals surface area contributed by atoms with Gasteiger partial charge in [0.25, 0.3) is 0 Å². The molecule has 2 amide bonds. The SMILES string of the molecule is NC/C=N/NC(N)=O. The Kier molecular flexibility index (Phi) is 3.51. The molecule has 0 saturated carbocycles. The number of carbonyl (C=O) groups is 1. The zero-order chi connectivity index (χ0) is 6.41. The van der Waals surface area contributed by atoms with Gasteiger partial charge in [0.15, 0.2) is 0 Å². The third kappa shape index (κ3) is 4.90. The van der Waals surface area contributed by atoms with Crippen molar-refractivity contribution in [1.29, 1.82) is 0 Å². The predicted octanol–water partition coefficient (Wildman–Crippen LogP) is -1.40. The molecule has 0 aromatic carbocycles. The van der Waals surface area contributed by atoms with Crippen LogP contribution in [0.3, 0.4) is 0 Å². The van der Waals surface area contributed by atoms with Crippen LogP contribution in [0.1, 0.15) is 0 Å². The van der Waals surface area contributed by atoms with Crippen LogP contribution in [0, 0.1) is 0 Å². The summed E-state index contributed by atoms with van der Waals surface area (Å²) in [5.74, 6) is 0. The second kappa shape index (κ2) is 4.07. The standard InChI is InChI=1S/C3H8N4O/c4-1-2-6-7-3(5)8/h2H,1,4H2,(H3,5,7,8)/b6-2+. The third-order valence-corrected chi connectivity index (χ3v) is 0.371. The lowest BCUT2D eigenvalue weighted by atomic mass is 10.8. The molecule has 0 rings (SSSR count). The number of nitrogens with one attached hydrogen (secondary N) is 1. The molecule has 8 heavy (non-hydrogen) atoms. The summed E-state index contributed by atoms with van der Waals surface area (Å²) in [6, 6.07) is -0.685. The summed E-state index contributed by atoms with van der Waals surface area (Å²) in [7, 11) is 0. The van der Waals surface area contributed by atoms with Crippen LogP contribution in [0.25, 0.3) is 0 Å². The predicted molar refractivity (Wildman–Crippen MR) is 30.3 cm³/mol. The molecule has 0 spiro atoms. The molecular weight excluding hydrogens is 108 g/mol. The number of hydrazone groups is 1. The molecule has 0 aromatic heterocycles. The Morgan fingerprint density at radius 2 is 2.50 bits per heavy atom. The highest BCUT2D eigenvalue weighted by molar-refractivity contribution is 5.72. The summed E-state index contributed by atoms with van der Waals surface area (Å²) in [4.78, 5) is 9.83. The summed E-state index contributed by atoms with van der Waals surface area (Å²) in [5, 5.41) is 3.31. The first-order valence-corrected chi connectivity index (χ1v) is 2.04. The number of hydrogen-bond acceptors (Lipinski definition) is 3. The molecule has 0 aromatic rings. The highest BCUT2D eigenvalue weighted by Crippen LogP contribution is 1.53. The van der Waals surface area contributed by atoms with Crippen LogP contribution in [-0.4, -0.2) is 18.8 Å². The maximum Gasteiger partial charge on any atom is 0.332 e. The Morgan fingerprint density at radius 3 is 2.88 bits per heavy atom. The van der Waals surface area contributed by atoms with E-state index in [1.165, 1.54) is 6.21 Å². The first-order valence-electron chi connectivity index (χ1n) is 2.04. The second-order valence-corrected chi connectivity index (χ2v) is 1.02. The first kappa shape index (κ1) is 6.90. The molecule has 0 saturated heterocycles. The minimum Gasteiger partial charge on any atom is -0.350 e. The van der Waals surface area contributed by atoms with Gasteiger partial charge in [-0.05, 0) is 0 Å². The van der Waals surface area contributed by atoms with E-state index in [4.69, 9.17) is 5.73 Å². The summed E-state index contributed by atoms with van der Waals surface area (Å²) in [6.07, 6.45) is 1.34. The molecule has 0 aliphatic carbocycles. The van der Waals surface area contributed by atoms with Crippen molar-refractivity contribution in [3.8, 4) is 0 Å². The fourth-order valence-electron chi connectivity index (χ4n) is 0.162. The average molecular weight is 116 g/mol. The summed E-state index contributed by atoms with van der Waals surface area (Å²) in [5.41, 5.74) is 11.6. The highest BCUT2D eigenvalue weighted by Gasteiger charge is 1.80. The smallest absolute Gasteiger partial charge is 0.332 e. The highest BCUT2D eigenvalue weighted by atomic mass is 16.2. The quantitative estimate of drug-likeness (QED) is 0.305. The molecule has 0 unspecified atom stereocenters. The molecule has 0 atom stereocenters. The van der Waals surface area contributed by atoms with Gasteiger partial charge in [-0.25, -0.2) is 10.2 Å². The molecule has 0 aliphatic rings. The van der Waals surface area contributed by atoms with Crippen molar-refractivity contribution in [2.24, 2.45) is 16.6 Å². The van der Waals surface area contributed by atoms with E-state index in [0.29, 0.717) is 6.54 Å². The van der Waals surface area contributed by atoms with E-state index in [1.807, 2.05) is 5.43 Å². The largest absolute Gasteiger partial charge is 0.350 e. The summed E-state index contributed by atoms with van der Waals surface area (Å²) in [6.45, 7) is 0.292. The number of urea groups is 1. The zero-order valence-corrected chi connectivity index (χ0v) is 4.29. The van der Waals surface area contributed by atoms with Crippen molar-refractivity contribution in [3.05, 3.63) is 0 Å². The minimum absolute atomic E-state index is 0.292. The van der Waals surface area contributed by atoms with Gasteiger partial charge in [-0.2, -0.15) is 5.10 Å². The van der Waals surface area contributed by atoms with Crippen LogP contribution < -0.4 is 16.9 Å². The first-order chi connectivity index (χ1) is 3.77. The van der Waals surface area contributed by atoms with E-state index in [1.54, 1.807) is 0 Å². The van der Waals surface area contributed by atoms with Gasteiger partial charge in [-0.3, -0.25) is 0 Å². The number of primary amides is 1. The van der Waals surface area contributed by atoms with Gasteiger partial charge in [0, 0.05) is 12.8 Å². The van der Waals surface area contributed by atoms with Gasteiger partial charge in [-0.1, -0.05) is 0 Å². The minimum atomic E-state index is -0.685. The van der Waals surface area contributed by atoms with Crippen LogP contribution >= 0.6 is 0 Å². The van der Waals surface area contributed by atoms with Crippen LogP contribution in [0.4, 0.5) is 4.79 Å². The Labute approximate surface area is 46.7 Å². The number of amides is 2. The van der Waals surface area contributed by atoms with Gasteiger partial charge < -0.3 is 11.5 Å². The zero-order valence-electron chi connectivity index (χ0n) is 4.29. The van der Waals surface area contributed by atoms with Gasteiger partial charge in [0.2, 0.25) is 0 Å². The molecule has 5 heteroatoms. The lowest BCUT2D eigenvalue weighted by Gasteiger charge is -1.86. The van der Waals surface area contributed by atoms with Gasteiger partial charge in [0.05, 0.1) is 0 Å². The Balaban J connectivity index is 3.16. The van der Waals surface area contributed by atoms with Crippen molar-refractivity contribution in [2.45, 2.75) is 0 Å². The molecule has 0 aliphatic heterocycles. The molecular formula is C3H8N4O. The van der Waals surface area contributed by atoms with Crippen molar-refractivity contribution in [2.75, 3.05) is 6.54 Å². The van der Waals surface area contributed by atoms with Gasteiger partial charge in [-0.15, -0.1) is 0 Å². The van der Waals surface area contributed by atoms with Crippen LogP contribution in [-0.2, 0) is 0 Å². The van der Waals surface area contributed by atoms with E-state index in [0.717, 1.165) is 0 Å². The second-order valence-electron chi connectivity index (χ2n) is 1.02. The number of nitrogens with two attached hydrogens (primary N) is 2. The fourth-order valence-corrected chi connectivity index (χ4v) is 0.162. The van der Waals surface area contributed by atoms with E-state index in [-0.39, 0.29) is 0 Å². The Hall–Kier alpha value is -1.10. The maximum atomic E-state index is 9.83. The number of hydrogen-bond donors (Lipinski definition) is 3. The number of nitrogens with zero attached hydrogens (tertiary/aromatic N) is 1. The lowest BCUT2D eigenvalue weighted by molar-refractivity contribution is 0.249. The summed E-state index contributed by atoms with van der Waals surface area (Å²) < 4.78 is 0. The molecule has 0 radical (unpaired) electrons. The third-order valence-electron chi connectivity index (χ3n) is 0.371. The van der Waals surface area contributed by atoms with Crippen LogP contribution in [0.5, 0.6) is 0 Å². The van der Waals surface area contributed by atoms with Crippen molar-refractivity contribution in [1.82, 2.24) is 5.43 Å². The topological polar surface area (TPSA) is 93.5 Å². The number of carbonyl (C=O) groups excluding carboxylic acids is 1. The molecule has 0 fully saturated rings. The van der Waals surface area contributed by atoms with E-state index in [9.17, 15) is 4.79 Å². The fraction of sp³-hybridized carbons (Fsp3) is 0.333. The molecule has 0 heterocycles. The Morgan fingerprint density at radius 1 is 1.88 bits per heavy atom. The molecule has 5 nitrogen and oxygen atoms in total.